The molecule has 0 saturated carbocycles. The molecule has 0 aromatic heterocycles. The van der Waals surface area contributed by atoms with Gasteiger partial charge in [0.1, 0.15) is 0 Å². The first-order valence-corrected chi connectivity index (χ1v) is 6.68. The normalized spacial score (nSPS) is 14.5. The summed E-state index contributed by atoms with van der Waals surface area (Å²) in [7, 11) is 0. The molecule has 0 aliphatic rings. The topological polar surface area (TPSA) is 37.3 Å². The SMILES string of the molecule is Cc1ccc(C[C@@H](C[C@H](C)C(=O)O)C(C)C)cc1. The quantitative estimate of drug-likeness (QED) is 0.828. The molecule has 0 amide bonds. The Hall–Kier alpha value is -1.31. The molecule has 0 unspecified atom stereocenters. The molecule has 100 valence electrons. The molecule has 2 heteroatoms. The summed E-state index contributed by atoms with van der Waals surface area (Å²) in [5.74, 6) is -0.0145. The second-order valence-corrected chi connectivity index (χ2v) is 5.67. The molecule has 0 spiro atoms. The minimum Gasteiger partial charge on any atom is -0.481 e. The van der Waals surface area contributed by atoms with E-state index in [1.54, 1.807) is 6.92 Å². The molecular weight excluding hydrogens is 224 g/mol. The Morgan fingerprint density at radius 3 is 2.17 bits per heavy atom. The lowest BCUT2D eigenvalue weighted by Gasteiger charge is -2.23. The van der Waals surface area contributed by atoms with Crippen LogP contribution in [-0.4, -0.2) is 11.1 Å². The predicted molar refractivity (Wildman–Crippen MR) is 74.6 cm³/mol. The highest BCUT2D eigenvalue weighted by atomic mass is 16.4. The van der Waals surface area contributed by atoms with Gasteiger partial charge in [-0.25, -0.2) is 0 Å². The third-order valence-electron chi connectivity index (χ3n) is 3.64. The number of carbonyl (C=O) groups is 1. The molecule has 1 N–H and O–H groups in total. The lowest BCUT2D eigenvalue weighted by molar-refractivity contribution is -0.141. The van der Waals surface area contributed by atoms with Crippen LogP contribution in [0.4, 0.5) is 0 Å². The van der Waals surface area contributed by atoms with Gasteiger partial charge in [-0.15, -0.1) is 0 Å². The summed E-state index contributed by atoms with van der Waals surface area (Å²) in [6.07, 6.45) is 1.72. The summed E-state index contributed by atoms with van der Waals surface area (Å²) < 4.78 is 0. The fraction of sp³-hybridized carbons (Fsp3) is 0.562. The van der Waals surface area contributed by atoms with Crippen LogP contribution in [0.5, 0.6) is 0 Å². The maximum atomic E-state index is 11.0. The number of hydrogen-bond acceptors (Lipinski definition) is 1. The third-order valence-corrected chi connectivity index (χ3v) is 3.64. The van der Waals surface area contributed by atoms with E-state index in [4.69, 9.17) is 5.11 Å². The summed E-state index contributed by atoms with van der Waals surface area (Å²) in [5, 5.41) is 9.02. The number of carboxylic acids is 1. The number of rotatable bonds is 6. The fourth-order valence-corrected chi connectivity index (χ4v) is 2.17. The van der Waals surface area contributed by atoms with Gasteiger partial charge in [-0.05, 0) is 37.2 Å². The van der Waals surface area contributed by atoms with E-state index in [-0.39, 0.29) is 5.92 Å². The molecule has 2 atom stereocenters. The lowest BCUT2D eigenvalue weighted by Crippen LogP contribution is -2.20. The standard InChI is InChI=1S/C16H24O2/c1-11(2)15(9-13(4)16(17)18)10-14-7-5-12(3)6-8-14/h5-8,11,13,15H,9-10H2,1-4H3,(H,17,18)/t13-,15+/m0/s1. The number of aliphatic carboxylic acids is 1. The molecule has 1 aromatic rings. The number of aryl methyl sites for hydroxylation is 1. The number of hydrogen-bond donors (Lipinski definition) is 1. The highest BCUT2D eigenvalue weighted by Gasteiger charge is 2.21. The zero-order valence-electron chi connectivity index (χ0n) is 11.8. The Morgan fingerprint density at radius 2 is 1.72 bits per heavy atom. The van der Waals surface area contributed by atoms with Crippen molar-refractivity contribution in [2.45, 2.75) is 40.5 Å². The van der Waals surface area contributed by atoms with E-state index in [1.807, 2.05) is 0 Å². The van der Waals surface area contributed by atoms with E-state index in [2.05, 4.69) is 45.0 Å². The Morgan fingerprint density at radius 1 is 1.17 bits per heavy atom. The second-order valence-electron chi connectivity index (χ2n) is 5.67. The zero-order chi connectivity index (χ0) is 13.7. The van der Waals surface area contributed by atoms with Crippen molar-refractivity contribution in [3.8, 4) is 0 Å². The molecular formula is C16H24O2. The van der Waals surface area contributed by atoms with Crippen LogP contribution in [0.2, 0.25) is 0 Å². The van der Waals surface area contributed by atoms with Crippen molar-refractivity contribution >= 4 is 5.97 Å². The van der Waals surface area contributed by atoms with Crippen LogP contribution < -0.4 is 0 Å². The van der Waals surface area contributed by atoms with Crippen molar-refractivity contribution in [1.29, 1.82) is 0 Å². The second kappa shape index (κ2) is 6.58. The van der Waals surface area contributed by atoms with Crippen LogP contribution in [-0.2, 0) is 11.2 Å². The smallest absolute Gasteiger partial charge is 0.306 e. The number of benzene rings is 1. The van der Waals surface area contributed by atoms with Gasteiger partial charge in [0.2, 0.25) is 0 Å². The fourth-order valence-electron chi connectivity index (χ4n) is 2.17. The average Bonchev–Trinajstić information content (AvgIpc) is 2.30. The highest BCUT2D eigenvalue weighted by Crippen LogP contribution is 2.25. The van der Waals surface area contributed by atoms with Crippen molar-refractivity contribution in [3.05, 3.63) is 35.4 Å². The van der Waals surface area contributed by atoms with Crippen LogP contribution in [0.25, 0.3) is 0 Å². The molecule has 0 saturated heterocycles. The van der Waals surface area contributed by atoms with E-state index in [9.17, 15) is 4.79 Å². The van der Waals surface area contributed by atoms with Crippen molar-refractivity contribution in [1.82, 2.24) is 0 Å². The molecule has 0 radical (unpaired) electrons. The van der Waals surface area contributed by atoms with Gasteiger partial charge in [0.05, 0.1) is 5.92 Å². The van der Waals surface area contributed by atoms with Gasteiger partial charge in [-0.3, -0.25) is 4.79 Å². The monoisotopic (exact) mass is 248 g/mol. The van der Waals surface area contributed by atoms with Gasteiger partial charge in [-0.2, -0.15) is 0 Å². The van der Waals surface area contributed by atoms with E-state index in [0.717, 1.165) is 12.8 Å². The molecule has 1 aromatic carbocycles. The van der Waals surface area contributed by atoms with Crippen LogP contribution in [0.1, 0.15) is 38.3 Å². The minimum atomic E-state index is -0.690. The number of carboxylic acid groups (broad SMARTS) is 1. The van der Waals surface area contributed by atoms with Gasteiger partial charge in [0.25, 0.3) is 0 Å². The van der Waals surface area contributed by atoms with Crippen molar-refractivity contribution < 1.29 is 9.90 Å². The lowest BCUT2D eigenvalue weighted by atomic mass is 9.82. The summed E-state index contributed by atoms with van der Waals surface area (Å²) in [6, 6.07) is 8.53. The summed E-state index contributed by atoms with van der Waals surface area (Å²) in [5.41, 5.74) is 2.57. The predicted octanol–water partition coefficient (Wildman–Crippen LogP) is 3.92. The van der Waals surface area contributed by atoms with Gasteiger partial charge in [0.15, 0.2) is 0 Å². The van der Waals surface area contributed by atoms with Gasteiger partial charge in [-0.1, -0.05) is 50.6 Å². The van der Waals surface area contributed by atoms with Gasteiger partial charge in [0, 0.05) is 0 Å². The molecule has 0 aliphatic heterocycles. The Bertz CT molecular complexity index is 379. The summed E-state index contributed by atoms with van der Waals surface area (Å²) in [4.78, 5) is 11.0. The molecule has 18 heavy (non-hydrogen) atoms. The molecule has 0 aliphatic carbocycles. The van der Waals surface area contributed by atoms with E-state index in [0.29, 0.717) is 11.8 Å². The molecule has 0 bridgehead atoms. The van der Waals surface area contributed by atoms with E-state index < -0.39 is 5.97 Å². The zero-order valence-corrected chi connectivity index (χ0v) is 11.8. The van der Waals surface area contributed by atoms with Crippen molar-refractivity contribution in [2.75, 3.05) is 0 Å². The van der Waals surface area contributed by atoms with Crippen LogP contribution in [0.15, 0.2) is 24.3 Å². The first-order valence-electron chi connectivity index (χ1n) is 6.68. The largest absolute Gasteiger partial charge is 0.481 e. The molecule has 2 nitrogen and oxygen atoms in total. The van der Waals surface area contributed by atoms with E-state index in [1.165, 1.54) is 11.1 Å². The summed E-state index contributed by atoms with van der Waals surface area (Å²) in [6.45, 7) is 8.23. The molecule has 0 fully saturated rings. The molecule has 0 heterocycles. The minimum absolute atomic E-state index is 0.261. The van der Waals surface area contributed by atoms with Gasteiger partial charge >= 0.3 is 5.97 Å². The first kappa shape index (κ1) is 14.7. The van der Waals surface area contributed by atoms with Crippen LogP contribution in [0, 0.1) is 24.7 Å². The van der Waals surface area contributed by atoms with Crippen molar-refractivity contribution in [2.24, 2.45) is 17.8 Å². The highest BCUT2D eigenvalue weighted by molar-refractivity contribution is 5.69. The first-order chi connectivity index (χ1) is 8.40. The van der Waals surface area contributed by atoms with Crippen LogP contribution >= 0.6 is 0 Å². The molecule has 1 rings (SSSR count). The Kier molecular flexibility index (Phi) is 5.39. The summed E-state index contributed by atoms with van der Waals surface area (Å²) >= 11 is 0. The van der Waals surface area contributed by atoms with E-state index >= 15 is 0 Å². The maximum absolute atomic E-state index is 11.0. The average molecular weight is 248 g/mol. The third kappa shape index (κ3) is 4.52. The van der Waals surface area contributed by atoms with Gasteiger partial charge < -0.3 is 5.11 Å². The maximum Gasteiger partial charge on any atom is 0.306 e. The Labute approximate surface area is 110 Å². The van der Waals surface area contributed by atoms with Crippen LogP contribution in [0.3, 0.4) is 0 Å². The van der Waals surface area contributed by atoms with Crippen molar-refractivity contribution in [3.63, 3.8) is 0 Å². The Balaban J connectivity index is 2.68.